The number of halogens is 2. The average Bonchev–Trinajstić information content (AvgIpc) is 2.72. The topological polar surface area (TPSA) is 35.5 Å². The summed E-state index contributed by atoms with van der Waals surface area (Å²) in [5.74, 6) is 1.26. The van der Waals surface area contributed by atoms with E-state index in [1.807, 2.05) is 61.5 Å². The number of allylic oxidation sites excluding steroid dienone is 1. The zero-order chi connectivity index (χ0) is 20.8. The Balaban J connectivity index is 1.75. The Bertz CT molecular complexity index is 1040. The van der Waals surface area contributed by atoms with Crippen LogP contribution in [0.3, 0.4) is 0 Å². The van der Waals surface area contributed by atoms with E-state index < -0.39 is 0 Å². The molecular formula is C24H20BrClO3. The van der Waals surface area contributed by atoms with Gasteiger partial charge in [-0.05, 0) is 48.9 Å². The van der Waals surface area contributed by atoms with Crippen LogP contribution in [0.2, 0.25) is 5.02 Å². The maximum absolute atomic E-state index is 12.4. The first kappa shape index (κ1) is 21.2. The van der Waals surface area contributed by atoms with Gasteiger partial charge in [0.15, 0.2) is 5.78 Å². The second kappa shape index (κ2) is 9.77. The van der Waals surface area contributed by atoms with Gasteiger partial charge in [-0.1, -0.05) is 69.5 Å². The largest absolute Gasteiger partial charge is 0.496 e. The van der Waals surface area contributed by atoms with Crippen LogP contribution in [0, 0.1) is 6.92 Å². The monoisotopic (exact) mass is 470 g/mol. The van der Waals surface area contributed by atoms with Crippen molar-refractivity contribution in [2.45, 2.75) is 13.5 Å². The van der Waals surface area contributed by atoms with E-state index in [0.29, 0.717) is 22.1 Å². The van der Waals surface area contributed by atoms with Crippen LogP contribution < -0.4 is 9.47 Å². The lowest BCUT2D eigenvalue weighted by molar-refractivity contribution is 0.104. The summed E-state index contributed by atoms with van der Waals surface area (Å²) in [5.41, 5.74) is 3.52. The second-order valence-electron chi connectivity index (χ2n) is 6.50. The Kier molecular flexibility index (Phi) is 7.13. The van der Waals surface area contributed by atoms with Crippen molar-refractivity contribution < 1.29 is 14.3 Å². The summed E-state index contributed by atoms with van der Waals surface area (Å²) >= 11 is 9.60. The fraction of sp³-hybridized carbons (Fsp3) is 0.125. The Morgan fingerprint density at radius 3 is 2.45 bits per heavy atom. The SMILES string of the molecule is COc1ccc(/C=C/C(=O)c2ccc(C)cc2)cc1COc1ccc(Br)cc1Cl. The van der Waals surface area contributed by atoms with Crippen LogP contribution in [-0.2, 0) is 6.61 Å². The Morgan fingerprint density at radius 1 is 1.03 bits per heavy atom. The molecule has 0 atom stereocenters. The summed E-state index contributed by atoms with van der Waals surface area (Å²) in [7, 11) is 1.61. The van der Waals surface area contributed by atoms with E-state index in [1.165, 1.54) is 0 Å². The van der Waals surface area contributed by atoms with Gasteiger partial charge >= 0.3 is 0 Å². The molecule has 0 saturated heterocycles. The van der Waals surface area contributed by atoms with Crippen molar-refractivity contribution in [2.75, 3.05) is 7.11 Å². The molecule has 0 saturated carbocycles. The molecule has 0 bridgehead atoms. The molecule has 3 rings (SSSR count). The summed E-state index contributed by atoms with van der Waals surface area (Å²) < 4.78 is 12.2. The molecule has 0 N–H and O–H groups in total. The molecule has 29 heavy (non-hydrogen) atoms. The summed E-state index contributed by atoms with van der Waals surface area (Å²) in [5, 5.41) is 0.526. The number of carbonyl (C=O) groups excluding carboxylic acids is 1. The van der Waals surface area contributed by atoms with Gasteiger partial charge in [0.25, 0.3) is 0 Å². The molecular weight excluding hydrogens is 452 g/mol. The van der Waals surface area contributed by atoms with Gasteiger partial charge in [-0.15, -0.1) is 0 Å². The van der Waals surface area contributed by atoms with Gasteiger partial charge in [-0.2, -0.15) is 0 Å². The normalized spacial score (nSPS) is 10.9. The Labute approximate surface area is 184 Å². The van der Waals surface area contributed by atoms with Crippen LogP contribution in [0.1, 0.15) is 27.0 Å². The average molecular weight is 472 g/mol. The van der Waals surface area contributed by atoms with Crippen molar-refractivity contribution in [3.05, 3.63) is 98.5 Å². The maximum Gasteiger partial charge on any atom is 0.185 e. The van der Waals surface area contributed by atoms with E-state index in [-0.39, 0.29) is 12.4 Å². The van der Waals surface area contributed by atoms with Gasteiger partial charge in [-0.3, -0.25) is 4.79 Å². The van der Waals surface area contributed by atoms with Crippen LogP contribution in [0.15, 0.2) is 71.2 Å². The van der Waals surface area contributed by atoms with E-state index in [1.54, 1.807) is 25.3 Å². The highest BCUT2D eigenvalue weighted by atomic mass is 79.9. The number of ether oxygens (including phenoxy) is 2. The smallest absolute Gasteiger partial charge is 0.185 e. The standard InChI is InChI=1S/C24H20BrClO3/c1-16-3-7-18(8-4-16)22(27)10-5-17-6-11-23(28-2)19(13-17)15-29-24-12-9-20(25)14-21(24)26/h3-14H,15H2,1-2H3/b10-5+. The minimum Gasteiger partial charge on any atom is -0.496 e. The zero-order valence-electron chi connectivity index (χ0n) is 16.1. The maximum atomic E-state index is 12.4. The molecule has 0 aliphatic heterocycles. The number of hydrogen-bond acceptors (Lipinski definition) is 3. The third-order valence-electron chi connectivity index (χ3n) is 4.34. The molecule has 0 unspecified atom stereocenters. The fourth-order valence-electron chi connectivity index (χ4n) is 2.75. The molecule has 3 nitrogen and oxygen atoms in total. The second-order valence-corrected chi connectivity index (χ2v) is 7.82. The van der Waals surface area contributed by atoms with Crippen molar-refractivity contribution in [3.63, 3.8) is 0 Å². The minimum atomic E-state index is -0.0414. The number of ketones is 1. The van der Waals surface area contributed by atoms with E-state index in [4.69, 9.17) is 21.1 Å². The van der Waals surface area contributed by atoms with Gasteiger partial charge in [-0.25, -0.2) is 0 Å². The van der Waals surface area contributed by atoms with Crippen molar-refractivity contribution in [1.82, 2.24) is 0 Å². The number of hydrogen-bond donors (Lipinski definition) is 0. The predicted molar refractivity (Wildman–Crippen MR) is 121 cm³/mol. The van der Waals surface area contributed by atoms with Gasteiger partial charge in [0.1, 0.15) is 18.1 Å². The van der Waals surface area contributed by atoms with Gasteiger partial charge < -0.3 is 9.47 Å². The molecule has 5 heteroatoms. The molecule has 0 aliphatic carbocycles. The van der Waals surface area contributed by atoms with Crippen molar-refractivity contribution >= 4 is 39.4 Å². The van der Waals surface area contributed by atoms with E-state index >= 15 is 0 Å². The van der Waals surface area contributed by atoms with E-state index in [2.05, 4.69) is 15.9 Å². The highest BCUT2D eigenvalue weighted by Crippen LogP contribution is 2.30. The van der Waals surface area contributed by atoms with Crippen molar-refractivity contribution in [3.8, 4) is 11.5 Å². The zero-order valence-corrected chi connectivity index (χ0v) is 18.5. The molecule has 0 aliphatic rings. The first-order valence-corrected chi connectivity index (χ1v) is 10.2. The van der Waals surface area contributed by atoms with E-state index in [9.17, 15) is 4.79 Å². The summed E-state index contributed by atoms with van der Waals surface area (Å²) in [4.78, 5) is 12.4. The summed E-state index contributed by atoms with van der Waals surface area (Å²) in [6.45, 7) is 2.28. The number of rotatable bonds is 7. The quantitative estimate of drug-likeness (QED) is 0.278. The summed E-state index contributed by atoms with van der Waals surface area (Å²) in [6.07, 6.45) is 3.36. The molecule has 0 aromatic heterocycles. The molecule has 3 aromatic rings. The highest BCUT2D eigenvalue weighted by Gasteiger charge is 2.08. The van der Waals surface area contributed by atoms with Crippen molar-refractivity contribution in [1.29, 1.82) is 0 Å². The summed E-state index contributed by atoms with van der Waals surface area (Å²) in [6, 6.07) is 18.7. The number of carbonyl (C=O) groups is 1. The number of methoxy groups -OCH3 is 1. The van der Waals surface area contributed by atoms with Crippen LogP contribution >= 0.6 is 27.5 Å². The van der Waals surface area contributed by atoms with Crippen LogP contribution in [0.5, 0.6) is 11.5 Å². The number of benzene rings is 3. The third-order valence-corrected chi connectivity index (χ3v) is 5.13. The molecule has 0 fully saturated rings. The lowest BCUT2D eigenvalue weighted by atomic mass is 10.1. The first-order chi connectivity index (χ1) is 14.0. The Hall–Kier alpha value is -2.56. The van der Waals surface area contributed by atoms with Crippen LogP contribution in [0.4, 0.5) is 0 Å². The lowest BCUT2D eigenvalue weighted by Gasteiger charge is -2.12. The molecule has 148 valence electrons. The molecule has 0 amide bonds. The Morgan fingerprint density at radius 2 is 1.76 bits per heavy atom. The molecule has 0 radical (unpaired) electrons. The highest BCUT2D eigenvalue weighted by molar-refractivity contribution is 9.10. The minimum absolute atomic E-state index is 0.0414. The van der Waals surface area contributed by atoms with Crippen molar-refractivity contribution in [2.24, 2.45) is 0 Å². The lowest BCUT2D eigenvalue weighted by Crippen LogP contribution is -2.00. The molecule has 0 heterocycles. The third kappa shape index (κ3) is 5.72. The number of aryl methyl sites for hydroxylation is 1. The fourth-order valence-corrected chi connectivity index (χ4v) is 3.48. The van der Waals surface area contributed by atoms with Gasteiger partial charge in [0.05, 0.1) is 12.1 Å². The first-order valence-electron chi connectivity index (χ1n) is 9.00. The molecule has 3 aromatic carbocycles. The van der Waals surface area contributed by atoms with Gasteiger partial charge in [0.2, 0.25) is 0 Å². The van der Waals surface area contributed by atoms with Crippen LogP contribution in [-0.4, -0.2) is 12.9 Å². The molecule has 0 spiro atoms. The predicted octanol–water partition coefficient (Wildman–Crippen LogP) is 6.89. The van der Waals surface area contributed by atoms with E-state index in [0.717, 1.165) is 21.2 Å². The van der Waals surface area contributed by atoms with Crippen LogP contribution in [0.25, 0.3) is 6.08 Å². The van der Waals surface area contributed by atoms with Gasteiger partial charge in [0, 0.05) is 15.6 Å².